The van der Waals surface area contributed by atoms with Crippen LogP contribution in [0, 0.1) is 0 Å². The first-order valence-electron chi connectivity index (χ1n) is 8.81. The van der Waals surface area contributed by atoms with Crippen molar-refractivity contribution in [3.63, 3.8) is 0 Å². The molecule has 0 aliphatic heterocycles. The van der Waals surface area contributed by atoms with Crippen LogP contribution >= 0.6 is 22.9 Å². The van der Waals surface area contributed by atoms with Gasteiger partial charge in [-0.1, -0.05) is 55.3 Å². The van der Waals surface area contributed by atoms with Crippen LogP contribution in [0.1, 0.15) is 35.0 Å². The van der Waals surface area contributed by atoms with Crippen LogP contribution in [-0.4, -0.2) is 18.5 Å². The fourth-order valence-electron chi connectivity index (χ4n) is 2.67. The van der Waals surface area contributed by atoms with Gasteiger partial charge in [0.05, 0.1) is 5.02 Å². The first kappa shape index (κ1) is 19.4. The average molecular weight is 402 g/mol. The molecule has 140 valence electrons. The maximum atomic E-state index is 12.3. The Kier molecular flexibility index (Phi) is 6.48. The standard InChI is InChI=1S/C21H20ClNO3S/c1-2-3-6-14-9-11-15(12-10-14)23-18(24)13-26-21(25)20-19(22)16-7-4-5-8-17(16)27-20/h4-5,7-12H,2-3,6,13H2,1H3,(H,23,24). The zero-order chi connectivity index (χ0) is 19.2. The predicted octanol–water partition coefficient (Wildman–Crippen LogP) is 5.69. The average Bonchev–Trinajstić information content (AvgIpc) is 3.03. The number of thiophene rings is 1. The van der Waals surface area contributed by atoms with Gasteiger partial charge in [-0.2, -0.15) is 0 Å². The summed E-state index contributed by atoms with van der Waals surface area (Å²) in [5.41, 5.74) is 1.91. The van der Waals surface area contributed by atoms with E-state index < -0.39 is 5.97 Å². The second-order valence-electron chi connectivity index (χ2n) is 6.17. The highest BCUT2D eigenvalue weighted by Crippen LogP contribution is 2.35. The van der Waals surface area contributed by atoms with Crippen molar-refractivity contribution in [1.82, 2.24) is 0 Å². The molecule has 1 amide bonds. The molecule has 0 aliphatic carbocycles. The van der Waals surface area contributed by atoms with E-state index in [2.05, 4.69) is 12.2 Å². The van der Waals surface area contributed by atoms with Gasteiger partial charge in [-0.05, 0) is 36.6 Å². The quantitative estimate of drug-likeness (QED) is 0.517. The molecule has 0 unspecified atom stereocenters. The van der Waals surface area contributed by atoms with E-state index in [0.29, 0.717) is 15.6 Å². The van der Waals surface area contributed by atoms with Gasteiger partial charge in [0.15, 0.2) is 6.61 Å². The molecule has 4 nitrogen and oxygen atoms in total. The minimum absolute atomic E-state index is 0.311. The number of carbonyl (C=O) groups is 2. The number of fused-ring (bicyclic) bond motifs is 1. The Morgan fingerprint density at radius 1 is 1.11 bits per heavy atom. The maximum absolute atomic E-state index is 12.3. The van der Waals surface area contributed by atoms with Crippen molar-refractivity contribution in [3.05, 3.63) is 64.0 Å². The molecule has 27 heavy (non-hydrogen) atoms. The van der Waals surface area contributed by atoms with Crippen LogP contribution in [-0.2, 0) is 16.0 Å². The number of ether oxygens (including phenoxy) is 1. The molecule has 3 aromatic rings. The summed E-state index contributed by atoms with van der Waals surface area (Å²) in [4.78, 5) is 24.6. The molecular formula is C21H20ClNO3S. The minimum Gasteiger partial charge on any atom is -0.451 e. The third kappa shape index (κ3) is 4.87. The molecule has 6 heteroatoms. The molecule has 0 saturated carbocycles. The molecule has 1 N–H and O–H groups in total. The van der Waals surface area contributed by atoms with Crippen molar-refractivity contribution in [1.29, 1.82) is 0 Å². The third-order valence-corrected chi connectivity index (χ3v) is 5.77. The summed E-state index contributed by atoms with van der Waals surface area (Å²) in [6.07, 6.45) is 3.31. The van der Waals surface area contributed by atoms with Crippen LogP contribution in [0.4, 0.5) is 5.69 Å². The fraction of sp³-hybridized carbons (Fsp3) is 0.238. The van der Waals surface area contributed by atoms with Gasteiger partial charge in [-0.25, -0.2) is 4.79 Å². The van der Waals surface area contributed by atoms with Gasteiger partial charge in [0.1, 0.15) is 4.88 Å². The number of unbranched alkanes of at least 4 members (excludes halogenated alkanes) is 1. The molecular weight excluding hydrogens is 382 g/mol. The Hall–Kier alpha value is -2.37. The highest BCUT2D eigenvalue weighted by molar-refractivity contribution is 7.21. The van der Waals surface area contributed by atoms with E-state index in [1.165, 1.54) is 16.9 Å². The number of nitrogens with one attached hydrogen (secondary N) is 1. The fourth-order valence-corrected chi connectivity index (χ4v) is 4.08. The lowest BCUT2D eigenvalue weighted by atomic mass is 10.1. The monoisotopic (exact) mass is 401 g/mol. The summed E-state index contributed by atoms with van der Waals surface area (Å²) in [5, 5.41) is 3.90. The lowest BCUT2D eigenvalue weighted by Crippen LogP contribution is -2.20. The van der Waals surface area contributed by atoms with Crippen molar-refractivity contribution in [2.45, 2.75) is 26.2 Å². The van der Waals surface area contributed by atoms with Gasteiger partial charge in [-0.3, -0.25) is 4.79 Å². The molecule has 0 bridgehead atoms. The molecule has 0 spiro atoms. The summed E-state index contributed by atoms with van der Waals surface area (Å²) in [7, 11) is 0. The van der Waals surface area contributed by atoms with Crippen molar-refractivity contribution < 1.29 is 14.3 Å². The Bertz CT molecular complexity index is 950. The maximum Gasteiger partial charge on any atom is 0.350 e. The number of rotatable bonds is 7. The van der Waals surface area contributed by atoms with Gasteiger partial charge in [-0.15, -0.1) is 11.3 Å². The summed E-state index contributed by atoms with van der Waals surface area (Å²) >= 11 is 7.51. The molecule has 1 aromatic heterocycles. The van der Waals surface area contributed by atoms with E-state index in [9.17, 15) is 9.59 Å². The largest absolute Gasteiger partial charge is 0.451 e. The smallest absolute Gasteiger partial charge is 0.350 e. The molecule has 0 aliphatic rings. The molecule has 0 saturated heterocycles. The molecule has 0 atom stereocenters. The van der Waals surface area contributed by atoms with Gasteiger partial charge >= 0.3 is 5.97 Å². The zero-order valence-electron chi connectivity index (χ0n) is 15.0. The van der Waals surface area contributed by atoms with Crippen molar-refractivity contribution in [2.75, 3.05) is 11.9 Å². The summed E-state index contributed by atoms with van der Waals surface area (Å²) in [6, 6.07) is 15.2. The highest BCUT2D eigenvalue weighted by Gasteiger charge is 2.19. The van der Waals surface area contributed by atoms with E-state index in [1.807, 2.05) is 48.5 Å². The van der Waals surface area contributed by atoms with E-state index >= 15 is 0 Å². The third-order valence-electron chi connectivity index (χ3n) is 4.11. The number of halogens is 1. The van der Waals surface area contributed by atoms with Crippen molar-refractivity contribution in [3.8, 4) is 0 Å². The van der Waals surface area contributed by atoms with E-state index in [1.54, 1.807) is 0 Å². The Labute approximate surface area is 167 Å². The topological polar surface area (TPSA) is 55.4 Å². The lowest BCUT2D eigenvalue weighted by molar-refractivity contribution is -0.119. The summed E-state index contributed by atoms with van der Waals surface area (Å²) in [6.45, 7) is 1.79. The highest BCUT2D eigenvalue weighted by atomic mass is 35.5. The number of carbonyl (C=O) groups excluding carboxylic acids is 2. The van der Waals surface area contributed by atoms with Crippen LogP contribution in [0.5, 0.6) is 0 Å². The van der Waals surface area contributed by atoms with Crippen molar-refractivity contribution >= 4 is 50.6 Å². The van der Waals surface area contributed by atoms with Crippen LogP contribution < -0.4 is 5.32 Å². The number of amides is 1. The number of hydrogen-bond donors (Lipinski definition) is 1. The molecule has 1 heterocycles. The Morgan fingerprint density at radius 3 is 2.56 bits per heavy atom. The van der Waals surface area contributed by atoms with E-state index in [-0.39, 0.29) is 12.5 Å². The zero-order valence-corrected chi connectivity index (χ0v) is 16.5. The second-order valence-corrected chi connectivity index (χ2v) is 7.60. The lowest BCUT2D eigenvalue weighted by Gasteiger charge is -2.07. The van der Waals surface area contributed by atoms with E-state index in [0.717, 1.165) is 29.3 Å². The van der Waals surface area contributed by atoms with Crippen LogP contribution in [0.3, 0.4) is 0 Å². The first-order chi connectivity index (χ1) is 13.1. The van der Waals surface area contributed by atoms with Crippen LogP contribution in [0.25, 0.3) is 10.1 Å². The first-order valence-corrected chi connectivity index (χ1v) is 10.0. The Balaban J connectivity index is 1.55. The SMILES string of the molecule is CCCCc1ccc(NC(=O)COC(=O)c2sc3ccccc3c2Cl)cc1. The second kappa shape index (κ2) is 9.02. The number of benzene rings is 2. The minimum atomic E-state index is -0.591. The number of anilines is 1. The summed E-state index contributed by atoms with van der Waals surface area (Å²) in [5.74, 6) is -0.979. The van der Waals surface area contributed by atoms with Gasteiger partial charge in [0, 0.05) is 15.8 Å². The molecule has 0 radical (unpaired) electrons. The Morgan fingerprint density at radius 2 is 1.85 bits per heavy atom. The van der Waals surface area contributed by atoms with Crippen LogP contribution in [0.2, 0.25) is 5.02 Å². The predicted molar refractivity (Wildman–Crippen MR) is 111 cm³/mol. The van der Waals surface area contributed by atoms with E-state index in [4.69, 9.17) is 16.3 Å². The molecule has 0 fully saturated rings. The van der Waals surface area contributed by atoms with Gasteiger partial charge in [0.25, 0.3) is 5.91 Å². The number of esters is 1. The number of aryl methyl sites for hydroxylation is 1. The van der Waals surface area contributed by atoms with Gasteiger partial charge in [0.2, 0.25) is 0 Å². The van der Waals surface area contributed by atoms with Crippen LogP contribution in [0.15, 0.2) is 48.5 Å². The number of hydrogen-bond acceptors (Lipinski definition) is 4. The normalized spacial score (nSPS) is 10.7. The molecule has 2 aromatic carbocycles. The van der Waals surface area contributed by atoms with Gasteiger partial charge < -0.3 is 10.1 Å². The molecule has 3 rings (SSSR count). The summed E-state index contributed by atoms with van der Waals surface area (Å²) < 4.78 is 6.03. The van der Waals surface area contributed by atoms with Crippen molar-refractivity contribution in [2.24, 2.45) is 0 Å².